The minimum absolute atomic E-state index is 0.0270. The Hall–Kier alpha value is -3.93. The molecule has 164 valence electrons. The van der Waals surface area contributed by atoms with E-state index in [-0.39, 0.29) is 23.9 Å². The van der Waals surface area contributed by atoms with Crippen LogP contribution in [0.15, 0.2) is 35.0 Å². The zero-order chi connectivity index (χ0) is 22.5. The molecule has 1 amide bonds. The third kappa shape index (κ3) is 4.70. The Morgan fingerprint density at radius 2 is 2.25 bits per heavy atom. The lowest BCUT2D eigenvalue weighted by Crippen LogP contribution is -2.81. The van der Waals surface area contributed by atoms with E-state index in [9.17, 15) is 15.3 Å². The van der Waals surface area contributed by atoms with Crippen LogP contribution in [0.25, 0.3) is 16.9 Å². The van der Waals surface area contributed by atoms with Crippen molar-refractivity contribution in [1.82, 2.24) is 20.4 Å². The van der Waals surface area contributed by atoms with Gasteiger partial charge in [-0.15, -0.1) is 16.4 Å². The van der Waals surface area contributed by atoms with Gasteiger partial charge in [0.1, 0.15) is 6.54 Å². The van der Waals surface area contributed by atoms with Gasteiger partial charge in [0.25, 0.3) is 0 Å². The maximum atomic E-state index is 12.7. The summed E-state index contributed by atoms with van der Waals surface area (Å²) < 4.78 is 5.67. The summed E-state index contributed by atoms with van der Waals surface area (Å²) in [5, 5.41) is 31.3. The van der Waals surface area contributed by atoms with Crippen LogP contribution in [0.5, 0.6) is 0 Å². The van der Waals surface area contributed by atoms with Crippen molar-refractivity contribution in [3.63, 3.8) is 0 Å². The number of hydrogen-bond acceptors (Lipinski definition) is 8. The number of hydrogen-bond donors (Lipinski definition) is 3. The Morgan fingerprint density at radius 1 is 1.41 bits per heavy atom. The van der Waals surface area contributed by atoms with E-state index in [0.29, 0.717) is 36.6 Å². The highest BCUT2D eigenvalue weighted by Gasteiger charge is 2.34. The van der Waals surface area contributed by atoms with Crippen molar-refractivity contribution in [2.24, 2.45) is 5.84 Å². The van der Waals surface area contributed by atoms with Crippen LogP contribution in [0.4, 0.5) is 0 Å². The number of likely N-dealkylation sites (tertiary alicyclic amines) is 1. The van der Waals surface area contributed by atoms with Gasteiger partial charge in [-0.3, -0.25) is 9.69 Å². The summed E-state index contributed by atoms with van der Waals surface area (Å²) in [6.45, 7) is 1.04. The molecule has 0 spiro atoms. The molecule has 2 atom stereocenters. The molecule has 2 aromatic rings. The highest BCUT2D eigenvalue weighted by molar-refractivity contribution is 5.90. The Bertz CT molecular complexity index is 1090. The number of carbonyl (C=O) groups excluding carboxylic acids is 1. The molecule has 1 aromatic carbocycles. The van der Waals surface area contributed by atoms with Crippen LogP contribution in [0, 0.1) is 22.8 Å². The first-order chi connectivity index (χ1) is 15.6. The summed E-state index contributed by atoms with van der Waals surface area (Å²) in [7, 11) is 0. The number of rotatable bonds is 8. The first-order valence-electron chi connectivity index (χ1n) is 10.4. The molecule has 2 fully saturated rings. The van der Waals surface area contributed by atoms with Crippen LogP contribution >= 0.6 is 0 Å². The summed E-state index contributed by atoms with van der Waals surface area (Å²) >= 11 is 0. The maximum absolute atomic E-state index is 12.7. The van der Waals surface area contributed by atoms with Crippen molar-refractivity contribution >= 4 is 5.91 Å². The fourth-order valence-electron chi connectivity index (χ4n) is 3.95. The number of nitrogens with two attached hydrogens (primary N) is 2. The Morgan fingerprint density at radius 3 is 2.97 bits per heavy atom. The van der Waals surface area contributed by atoms with Gasteiger partial charge in [-0.05, 0) is 42.9 Å². The number of amides is 1. The number of quaternary nitrogens is 1. The summed E-state index contributed by atoms with van der Waals surface area (Å²) in [5.74, 6) is 5.08. The van der Waals surface area contributed by atoms with Crippen LogP contribution < -0.4 is 16.5 Å². The van der Waals surface area contributed by atoms with E-state index in [1.165, 1.54) is 6.20 Å². The lowest BCUT2D eigenvalue weighted by atomic mass is 10.0. The second kappa shape index (κ2) is 9.47. The third-order valence-electron chi connectivity index (χ3n) is 5.64. The highest BCUT2D eigenvalue weighted by Crippen LogP contribution is 2.44. The molecule has 1 saturated carbocycles. The quantitative estimate of drug-likeness (QED) is 0.305. The van der Waals surface area contributed by atoms with E-state index in [2.05, 4.69) is 33.2 Å². The van der Waals surface area contributed by atoms with Crippen molar-refractivity contribution in [3.8, 4) is 23.7 Å². The number of benzene rings is 1. The average molecular weight is 433 g/mol. The van der Waals surface area contributed by atoms with E-state index in [4.69, 9.17) is 10.3 Å². The first kappa shape index (κ1) is 21.3. The van der Waals surface area contributed by atoms with E-state index >= 15 is 0 Å². The molecule has 2 aliphatic rings. The number of aromatic nitrogens is 2. The lowest BCUT2D eigenvalue weighted by molar-refractivity contribution is -0.592. The molecule has 32 heavy (non-hydrogen) atoms. The number of carbonyl (C=O) groups is 1. The number of nitriles is 2. The smallest absolute Gasteiger partial charge is 0.309 e. The van der Waals surface area contributed by atoms with E-state index in [0.717, 1.165) is 18.4 Å². The van der Waals surface area contributed by atoms with Gasteiger partial charge in [0.15, 0.2) is 6.19 Å². The Labute approximate surface area is 184 Å². The van der Waals surface area contributed by atoms with Crippen molar-refractivity contribution in [3.05, 3.63) is 53.0 Å². The fraction of sp³-hybridized carbons (Fsp3) is 0.381. The van der Waals surface area contributed by atoms with Gasteiger partial charge in [0.05, 0.1) is 23.9 Å². The largest absolute Gasteiger partial charge is 0.627 e. The molecule has 0 bridgehead atoms. The lowest BCUT2D eigenvalue weighted by Gasteiger charge is -2.15. The minimum atomic E-state index is -0.484. The van der Waals surface area contributed by atoms with Crippen molar-refractivity contribution < 1.29 is 14.5 Å². The molecule has 1 saturated heterocycles. The summed E-state index contributed by atoms with van der Waals surface area (Å²) in [5.41, 5.74) is 5.63. The molecule has 1 aliphatic carbocycles. The van der Waals surface area contributed by atoms with Crippen molar-refractivity contribution in [1.29, 1.82) is 10.5 Å². The Balaban J connectivity index is 1.42. The van der Waals surface area contributed by atoms with E-state index in [1.54, 1.807) is 23.2 Å². The fourth-order valence-corrected chi connectivity index (χ4v) is 3.95. The van der Waals surface area contributed by atoms with Gasteiger partial charge >= 0.3 is 11.8 Å². The molecular weight excluding hydrogens is 410 g/mol. The maximum Gasteiger partial charge on any atom is 0.309 e. The predicted octanol–water partition coefficient (Wildman–Crippen LogP) is 0.421. The second-order valence-electron chi connectivity index (χ2n) is 7.87. The summed E-state index contributed by atoms with van der Waals surface area (Å²) in [6, 6.07) is 7.28. The van der Waals surface area contributed by atoms with Gasteiger partial charge in [-0.1, -0.05) is 6.07 Å². The zero-order valence-electron chi connectivity index (χ0n) is 17.3. The standard InChI is InChI=1S/C21H23N9O2/c22-9-13-1-4-17(14-2-3-14)18(7-13)20-28-29-21(32-20)19(31)27-15-8-16(30(11-15)12-23)10-25-5-6-26-24/h1,4-7,14-16H,2-3,8,10-11H2,(H5,24,25,26,27,29,31)/t15?,16-/m0/s1. The van der Waals surface area contributed by atoms with Gasteiger partial charge in [-0.25, -0.2) is 0 Å². The summed E-state index contributed by atoms with van der Waals surface area (Å²) in [6.07, 6.45) is 8.13. The molecule has 5 N–H and O–H groups in total. The third-order valence-corrected chi connectivity index (χ3v) is 5.64. The molecule has 1 aliphatic heterocycles. The first-order valence-corrected chi connectivity index (χ1v) is 10.4. The normalized spacial score (nSPS) is 20.2. The van der Waals surface area contributed by atoms with Gasteiger partial charge in [0, 0.05) is 18.2 Å². The second-order valence-corrected chi connectivity index (χ2v) is 7.87. The monoisotopic (exact) mass is 433 g/mol. The number of nitrogens with one attached hydrogen (secondary N) is 1. The van der Waals surface area contributed by atoms with Crippen molar-refractivity contribution in [2.45, 2.75) is 37.3 Å². The molecule has 1 unspecified atom stereocenters. The molecule has 0 radical (unpaired) electrons. The molecule has 11 heteroatoms. The van der Waals surface area contributed by atoms with Crippen LogP contribution in [0.2, 0.25) is 0 Å². The minimum Gasteiger partial charge on any atom is -0.627 e. The molecule has 1 aromatic heterocycles. The molecule has 11 nitrogen and oxygen atoms in total. The van der Waals surface area contributed by atoms with E-state index in [1.807, 2.05) is 11.4 Å². The van der Waals surface area contributed by atoms with Crippen LogP contribution in [0.3, 0.4) is 0 Å². The molecule has 2 heterocycles. The van der Waals surface area contributed by atoms with Gasteiger partial charge in [-0.2, -0.15) is 10.5 Å². The zero-order valence-corrected chi connectivity index (χ0v) is 17.3. The van der Waals surface area contributed by atoms with Gasteiger partial charge in [0.2, 0.25) is 5.89 Å². The topological polar surface area (TPSA) is 176 Å². The highest BCUT2D eigenvalue weighted by atomic mass is 16.4. The number of nitrogens with zero attached hydrogens (tertiary/aromatic N) is 6. The Kier molecular flexibility index (Phi) is 6.31. The molecular formula is C21H23N9O2. The van der Waals surface area contributed by atoms with Gasteiger partial charge < -0.3 is 26.3 Å². The molecule has 4 rings (SSSR count). The van der Waals surface area contributed by atoms with E-state index < -0.39 is 5.91 Å². The van der Waals surface area contributed by atoms with Crippen molar-refractivity contribution in [2.75, 3.05) is 13.1 Å². The van der Waals surface area contributed by atoms with Crippen LogP contribution in [-0.2, 0) is 0 Å². The summed E-state index contributed by atoms with van der Waals surface area (Å²) in [4.78, 5) is 14.3. The van der Waals surface area contributed by atoms with Crippen LogP contribution in [0.1, 0.15) is 47.0 Å². The van der Waals surface area contributed by atoms with Crippen LogP contribution in [-0.4, -0.2) is 46.2 Å². The predicted molar refractivity (Wildman–Crippen MR) is 112 cm³/mol. The average Bonchev–Trinajstić information content (AvgIpc) is 3.40. The SMILES string of the molecule is N#Cc1ccc(C2CC2)c(-c2nnc(C(=O)NC3C[C@@H](C[NH2+]/C=C\[N-]N)N(C#N)C3)o2)c1.